The van der Waals surface area contributed by atoms with Crippen molar-refractivity contribution in [1.29, 1.82) is 0 Å². The number of hydrogen-bond acceptors (Lipinski definition) is 4. The molecule has 0 aromatic rings. The zero-order valence-electron chi connectivity index (χ0n) is 6.99. The lowest BCUT2D eigenvalue weighted by molar-refractivity contribution is -0.140. The van der Waals surface area contributed by atoms with Crippen molar-refractivity contribution in [3.05, 3.63) is 11.6 Å². The van der Waals surface area contributed by atoms with Crippen molar-refractivity contribution in [3.8, 4) is 0 Å². The van der Waals surface area contributed by atoms with E-state index in [1.807, 2.05) is 6.92 Å². The minimum atomic E-state index is -0.493. The zero-order valence-corrected chi connectivity index (χ0v) is 6.99. The van der Waals surface area contributed by atoms with Crippen LogP contribution in [0.3, 0.4) is 0 Å². The molecule has 0 saturated carbocycles. The predicted molar refractivity (Wildman–Crippen MR) is 40.3 cm³/mol. The highest BCUT2D eigenvalue weighted by atomic mass is 16.6. The van der Waals surface area contributed by atoms with Crippen molar-refractivity contribution < 1.29 is 19.1 Å². The van der Waals surface area contributed by atoms with Gasteiger partial charge in [-0.05, 0) is 6.42 Å². The molecule has 1 unspecified atom stereocenters. The molecule has 1 aliphatic heterocycles. The molecule has 66 valence electrons. The second kappa shape index (κ2) is 3.38. The fourth-order valence-corrected chi connectivity index (χ4v) is 1.07. The van der Waals surface area contributed by atoms with E-state index < -0.39 is 18.0 Å². The topological polar surface area (TPSA) is 52.6 Å². The Morgan fingerprint density at radius 3 is 2.92 bits per heavy atom. The molecule has 1 atom stereocenters. The fraction of sp³-hybridized carbons (Fsp3) is 0.500. The minimum Gasteiger partial charge on any atom is -0.466 e. The lowest BCUT2D eigenvalue weighted by Gasteiger charge is -2.08. The minimum absolute atomic E-state index is 0.310. The number of hydrogen-bond donors (Lipinski definition) is 0. The van der Waals surface area contributed by atoms with E-state index in [2.05, 4.69) is 4.74 Å². The summed E-state index contributed by atoms with van der Waals surface area (Å²) in [5, 5.41) is 0. The Kier molecular flexibility index (Phi) is 2.47. The van der Waals surface area contributed by atoms with Crippen LogP contribution in [0.4, 0.5) is 0 Å². The standard InChI is InChI=1S/C8H10O4/c1-3-6-5(8(10)11-2)4-7(9)12-6/h4,6H,3H2,1-2H3. The lowest BCUT2D eigenvalue weighted by atomic mass is 10.1. The van der Waals surface area contributed by atoms with Crippen LogP contribution in [0.5, 0.6) is 0 Å². The SMILES string of the molecule is CCC1OC(=O)C=C1C(=O)OC. The zero-order chi connectivity index (χ0) is 9.14. The first-order valence-corrected chi connectivity index (χ1v) is 3.69. The Labute approximate surface area is 70.1 Å². The van der Waals surface area contributed by atoms with Gasteiger partial charge in [0.25, 0.3) is 0 Å². The van der Waals surface area contributed by atoms with Crippen LogP contribution < -0.4 is 0 Å². The summed E-state index contributed by atoms with van der Waals surface area (Å²) >= 11 is 0. The molecular weight excluding hydrogens is 160 g/mol. The maximum absolute atomic E-state index is 11.0. The summed E-state index contributed by atoms with van der Waals surface area (Å²) in [6.07, 6.45) is 1.34. The average Bonchev–Trinajstić information content (AvgIpc) is 2.45. The first-order valence-electron chi connectivity index (χ1n) is 3.69. The predicted octanol–water partition coefficient (Wildman–Crippen LogP) is 0.421. The van der Waals surface area contributed by atoms with Gasteiger partial charge >= 0.3 is 11.9 Å². The number of cyclic esters (lactones) is 1. The van der Waals surface area contributed by atoms with Gasteiger partial charge in [-0.2, -0.15) is 0 Å². The molecule has 0 amide bonds. The highest BCUT2D eigenvalue weighted by Crippen LogP contribution is 2.19. The molecule has 1 heterocycles. The van der Waals surface area contributed by atoms with E-state index in [4.69, 9.17) is 4.74 Å². The Hall–Kier alpha value is -1.32. The summed E-state index contributed by atoms with van der Waals surface area (Å²) in [7, 11) is 1.28. The van der Waals surface area contributed by atoms with E-state index in [-0.39, 0.29) is 0 Å². The Balaban J connectivity index is 2.79. The Morgan fingerprint density at radius 2 is 2.42 bits per heavy atom. The van der Waals surface area contributed by atoms with Crippen LogP contribution in [0.1, 0.15) is 13.3 Å². The molecule has 1 rings (SSSR count). The molecule has 0 aromatic carbocycles. The summed E-state index contributed by atoms with van der Waals surface area (Å²) in [5.41, 5.74) is 0.310. The average molecular weight is 170 g/mol. The third kappa shape index (κ3) is 1.47. The first kappa shape index (κ1) is 8.77. The molecule has 0 radical (unpaired) electrons. The van der Waals surface area contributed by atoms with Crippen molar-refractivity contribution >= 4 is 11.9 Å². The number of ether oxygens (including phenoxy) is 2. The summed E-state index contributed by atoms with van der Waals surface area (Å²) in [6.45, 7) is 1.83. The van der Waals surface area contributed by atoms with Crippen LogP contribution in [0, 0.1) is 0 Å². The van der Waals surface area contributed by atoms with Gasteiger partial charge < -0.3 is 9.47 Å². The highest BCUT2D eigenvalue weighted by molar-refractivity contribution is 6.00. The number of rotatable bonds is 2. The highest BCUT2D eigenvalue weighted by Gasteiger charge is 2.30. The Morgan fingerprint density at radius 1 is 1.75 bits per heavy atom. The van der Waals surface area contributed by atoms with Gasteiger partial charge in [0.1, 0.15) is 6.10 Å². The van der Waals surface area contributed by atoms with Crippen LogP contribution in [0.2, 0.25) is 0 Å². The third-order valence-corrected chi connectivity index (χ3v) is 1.67. The molecule has 4 nitrogen and oxygen atoms in total. The number of methoxy groups -OCH3 is 1. The molecule has 1 aliphatic rings. The number of esters is 2. The van der Waals surface area contributed by atoms with E-state index >= 15 is 0 Å². The Bertz CT molecular complexity index is 241. The van der Waals surface area contributed by atoms with Crippen molar-refractivity contribution in [2.45, 2.75) is 19.4 Å². The van der Waals surface area contributed by atoms with Crippen LogP contribution in [0.25, 0.3) is 0 Å². The molecular formula is C8H10O4. The summed E-state index contributed by atoms with van der Waals surface area (Å²) in [4.78, 5) is 21.7. The summed E-state index contributed by atoms with van der Waals surface area (Å²) in [5.74, 6) is -0.963. The summed E-state index contributed by atoms with van der Waals surface area (Å²) in [6, 6.07) is 0. The largest absolute Gasteiger partial charge is 0.466 e. The van der Waals surface area contributed by atoms with Gasteiger partial charge in [-0.25, -0.2) is 9.59 Å². The van der Waals surface area contributed by atoms with Gasteiger partial charge in [-0.1, -0.05) is 6.92 Å². The van der Waals surface area contributed by atoms with Gasteiger partial charge in [-0.15, -0.1) is 0 Å². The maximum atomic E-state index is 11.0. The fourth-order valence-electron chi connectivity index (χ4n) is 1.07. The first-order chi connectivity index (χ1) is 5.69. The second-order valence-electron chi connectivity index (χ2n) is 2.43. The summed E-state index contributed by atoms with van der Waals surface area (Å²) < 4.78 is 9.29. The van der Waals surface area contributed by atoms with Crippen molar-refractivity contribution in [3.63, 3.8) is 0 Å². The normalized spacial score (nSPS) is 21.7. The monoisotopic (exact) mass is 170 g/mol. The molecule has 12 heavy (non-hydrogen) atoms. The lowest BCUT2D eigenvalue weighted by Crippen LogP contribution is -2.17. The van der Waals surface area contributed by atoms with Gasteiger partial charge in [0.05, 0.1) is 12.7 Å². The van der Waals surface area contributed by atoms with Gasteiger partial charge in [0.15, 0.2) is 0 Å². The van der Waals surface area contributed by atoms with Crippen molar-refractivity contribution in [1.82, 2.24) is 0 Å². The van der Waals surface area contributed by atoms with Gasteiger partial charge in [-0.3, -0.25) is 0 Å². The molecule has 0 spiro atoms. The quantitative estimate of drug-likeness (QED) is 0.563. The van der Waals surface area contributed by atoms with E-state index in [0.717, 1.165) is 0 Å². The maximum Gasteiger partial charge on any atom is 0.337 e. The molecule has 0 N–H and O–H groups in total. The third-order valence-electron chi connectivity index (χ3n) is 1.67. The molecule has 0 aromatic heterocycles. The van der Waals surface area contributed by atoms with Gasteiger partial charge in [0, 0.05) is 6.08 Å². The van der Waals surface area contributed by atoms with E-state index in [1.165, 1.54) is 13.2 Å². The number of carbonyl (C=O) groups excluding carboxylic acids is 2. The molecule has 0 fully saturated rings. The van der Waals surface area contributed by atoms with E-state index in [9.17, 15) is 9.59 Å². The van der Waals surface area contributed by atoms with Crippen LogP contribution in [0.15, 0.2) is 11.6 Å². The molecule has 0 bridgehead atoms. The smallest absolute Gasteiger partial charge is 0.337 e. The van der Waals surface area contributed by atoms with E-state index in [0.29, 0.717) is 12.0 Å². The van der Waals surface area contributed by atoms with Crippen LogP contribution >= 0.6 is 0 Å². The van der Waals surface area contributed by atoms with E-state index in [1.54, 1.807) is 0 Å². The number of carbonyl (C=O) groups is 2. The van der Waals surface area contributed by atoms with Crippen molar-refractivity contribution in [2.24, 2.45) is 0 Å². The van der Waals surface area contributed by atoms with Gasteiger partial charge in [0.2, 0.25) is 0 Å². The molecule has 0 aliphatic carbocycles. The molecule has 4 heteroatoms. The second-order valence-corrected chi connectivity index (χ2v) is 2.43. The van der Waals surface area contributed by atoms with Crippen LogP contribution in [-0.4, -0.2) is 25.2 Å². The molecule has 0 saturated heterocycles. The van der Waals surface area contributed by atoms with Crippen LogP contribution in [-0.2, 0) is 19.1 Å². The van der Waals surface area contributed by atoms with Crippen molar-refractivity contribution in [2.75, 3.05) is 7.11 Å².